The molecule has 0 aliphatic rings. The Bertz CT molecular complexity index is 975. The first-order valence-electron chi connectivity index (χ1n) is 7.56. The highest BCUT2D eigenvalue weighted by Gasteiger charge is 2.12. The minimum absolute atomic E-state index is 0.195. The number of benzene rings is 1. The van der Waals surface area contributed by atoms with Gasteiger partial charge in [0.2, 0.25) is 0 Å². The van der Waals surface area contributed by atoms with Gasteiger partial charge < -0.3 is 9.72 Å². The second-order valence-electron chi connectivity index (χ2n) is 5.33. The third kappa shape index (κ3) is 2.63. The van der Waals surface area contributed by atoms with E-state index in [1.165, 1.54) is 0 Å². The van der Waals surface area contributed by atoms with Crippen LogP contribution >= 0.6 is 0 Å². The van der Waals surface area contributed by atoms with Crippen LogP contribution in [-0.4, -0.2) is 20.3 Å². The van der Waals surface area contributed by atoms with Crippen LogP contribution in [0, 0.1) is 0 Å². The first-order chi connectivity index (χ1) is 11.8. The number of amides is 1. The van der Waals surface area contributed by atoms with Gasteiger partial charge in [0, 0.05) is 30.4 Å². The van der Waals surface area contributed by atoms with Crippen molar-refractivity contribution in [1.82, 2.24) is 14.4 Å². The summed E-state index contributed by atoms with van der Waals surface area (Å²) in [4.78, 5) is 21.0. The molecule has 3 heterocycles. The third-order valence-electron chi connectivity index (χ3n) is 3.74. The van der Waals surface area contributed by atoms with E-state index in [0.29, 0.717) is 5.56 Å². The normalized spacial score (nSPS) is 10.7. The smallest absolute Gasteiger partial charge is 0.257 e. The first kappa shape index (κ1) is 14.1. The van der Waals surface area contributed by atoms with E-state index in [-0.39, 0.29) is 5.91 Å². The van der Waals surface area contributed by atoms with Crippen molar-refractivity contribution in [2.75, 3.05) is 5.32 Å². The van der Waals surface area contributed by atoms with E-state index < -0.39 is 0 Å². The highest BCUT2D eigenvalue weighted by atomic mass is 16.1. The number of fused-ring (bicyclic) bond motifs is 1. The lowest BCUT2D eigenvalue weighted by Gasteiger charge is -2.09. The molecule has 1 aromatic carbocycles. The molecule has 0 aliphatic carbocycles. The number of rotatable bonds is 3. The largest absolute Gasteiger partial charge is 0.321 e. The minimum atomic E-state index is -0.195. The molecule has 0 radical (unpaired) electrons. The average molecular weight is 314 g/mol. The summed E-state index contributed by atoms with van der Waals surface area (Å²) < 4.78 is 1.95. The van der Waals surface area contributed by atoms with Gasteiger partial charge in [0.1, 0.15) is 5.65 Å². The van der Waals surface area contributed by atoms with Gasteiger partial charge in [0.25, 0.3) is 5.91 Å². The number of carbonyl (C=O) groups excluding carboxylic acids is 1. The summed E-state index contributed by atoms with van der Waals surface area (Å²) >= 11 is 0. The highest BCUT2D eigenvalue weighted by molar-refractivity contribution is 6.05. The van der Waals surface area contributed by atoms with Crippen molar-refractivity contribution >= 4 is 17.2 Å². The summed E-state index contributed by atoms with van der Waals surface area (Å²) in [5.41, 5.74) is 3.78. The molecule has 4 rings (SSSR count). The molecule has 3 aromatic heterocycles. The van der Waals surface area contributed by atoms with Crippen molar-refractivity contribution < 1.29 is 4.79 Å². The molecule has 0 saturated heterocycles. The lowest BCUT2D eigenvalue weighted by molar-refractivity contribution is 0.102. The molecule has 0 bridgehead atoms. The van der Waals surface area contributed by atoms with Gasteiger partial charge in [-0.05, 0) is 30.3 Å². The standard InChI is InChI=1S/C19H14N4O/c24-19(14-6-5-10-20-12-14)22-16-8-2-1-7-15(16)17-13-23-11-4-3-9-18(23)21-17/h1-13H,(H,22,24). The zero-order valence-corrected chi connectivity index (χ0v) is 12.8. The lowest BCUT2D eigenvalue weighted by Crippen LogP contribution is -2.12. The Hall–Kier alpha value is -3.47. The molecule has 0 spiro atoms. The third-order valence-corrected chi connectivity index (χ3v) is 3.74. The molecule has 1 N–H and O–H groups in total. The Morgan fingerprint density at radius 1 is 1.00 bits per heavy atom. The SMILES string of the molecule is O=C(Nc1ccccc1-c1cn2ccccc2n1)c1cccnc1. The van der Waals surface area contributed by atoms with Crippen molar-refractivity contribution in [2.45, 2.75) is 0 Å². The highest BCUT2D eigenvalue weighted by Crippen LogP contribution is 2.27. The summed E-state index contributed by atoms with van der Waals surface area (Å²) in [6.45, 7) is 0. The fraction of sp³-hybridized carbons (Fsp3) is 0. The van der Waals surface area contributed by atoms with Crippen LogP contribution in [0.1, 0.15) is 10.4 Å². The molecule has 0 unspecified atom stereocenters. The maximum absolute atomic E-state index is 12.4. The summed E-state index contributed by atoms with van der Waals surface area (Å²) in [6.07, 6.45) is 7.08. The van der Waals surface area contributed by atoms with Crippen LogP contribution < -0.4 is 5.32 Å². The Morgan fingerprint density at radius 3 is 2.71 bits per heavy atom. The summed E-state index contributed by atoms with van der Waals surface area (Å²) in [5.74, 6) is -0.195. The second-order valence-corrected chi connectivity index (χ2v) is 5.33. The van der Waals surface area contributed by atoms with E-state index in [0.717, 1.165) is 22.6 Å². The minimum Gasteiger partial charge on any atom is -0.321 e. The number of anilines is 1. The predicted octanol–water partition coefficient (Wildman–Crippen LogP) is 3.65. The summed E-state index contributed by atoms with van der Waals surface area (Å²) in [7, 11) is 0. The van der Waals surface area contributed by atoms with Gasteiger partial charge in [-0.25, -0.2) is 4.98 Å². The molecule has 1 amide bonds. The molecule has 0 fully saturated rings. The fourth-order valence-corrected chi connectivity index (χ4v) is 2.57. The monoisotopic (exact) mass is 314 g/mol. The van der Waals surface area contributed by atoms with Crippen molar-refractivity contribution in [3.63, 3.8) is 0 Å². The number of imidazole rings is 1. The van der Waals surface area contributed by atoms with Crippen LogP contribution in [0.25, 0.3) is 16.9 Å². The molecular formula is C19H14N4O. The lowest BCUT2D eigenvalue weighted by atomic mass is 10.1. The summed E-state index contributed by atoms with van der Waals surface area (Å²) in [5, 5.41) is 2.94. The number of nitrogens with zero attached hydrogens (tertiary/aromatic N) is 3. The van der Waals surface area contributed by atoms with Gasteiger partial charge in [-0.3, -0.25) is 9.78 Å². The Labute approximate surface area is 138 Å². The molecule has 24 heavy (non-hydrogen) atoms. The first-order valence-corrected chi connectivity index (χ1v) is 7.56. The zero-order valence-electron chi connectivity index (χ0n) is 12.8. The van der Waals surface area contributed by atoms with E-state index >= 15 is 0 Å². The molecule has 4 aromatic rings. The van der Waals surface area contributed by atoms with Crippen molar-refractivity contribution in [3.8, 4) is 11.3 Å². The van der Waals surface area contributed by atoms with Crippen LogP contribution in [0.3, 0.4) is 0 Å². The van der Waals surface area contributed by atoms with Crippen molar-refractivity contribution in [1.29, 1.82) is 0 Å². The summed E-state index contributed by atoms with van der Waals surface area (Å²) in [6, 6.07) is 16.9. The topological polar surface area (TPSA) is 59.3 Å². The van der Waals surface area contributed by atoms with Gasteiger partial charge in [-0.2, -0.15) is 0 Å². The Kier molecular flexibility index (Phi) is 3.51. The van der Waals surface area contributed by atoms with Gasteiger partial charge in [-0.1, -0.05) is 24.3 Å². The molecular weight excluding hydrogens is 300 g/mol. The van der Waals surface area contributed by atoms with E-state index in [9.17, 15) is 4.79 Å². The average Bonchev–Trinajstić information content (AvgIpc) is 3.07. The van der Waals surface area contributed by atoms with Gasteiger partial charge in [-0.15, -0.1) is 0 Å². The van der Waals surface area contributed by atoms with Crippen LogP contribution in [0.4, 0.5) is 5.69 Å². The number of aromatic nitrogens is 3. The van der Waals surface area contributed by atoms with E-state index in [1.54, 1.807) is 24.5 Å². The van der Waals surface area contributed by atoms with Gasteiger partial charge >= 0.3 is 0 Å². The van der Waals surface area contributed by atoms with E-state index in [2.05, 4.69) is 15.3 Å². The molecule has 116 valence electrons. The predicted molar refractivity (Wildman–Crippen MR) is 92.8 cm³/mol. The van der Waals surface area contributed by atoms with Crippen LogP contribution in [0.5, 0.6) is 0 Å². The molecule has 5 heteroatoms. The van der Waals surface area contributed by atoms with Gasteiger partial charge in [0.05, 0.1) is 16.9 Å². The number of nitrogens with one attached hydrogen (secondary N) is 1. The molecule has 5 nitrogen and oxygen atoms in total. The number of pyridine rings is 2. The Morgan fingerprint density at radius 2 is 1.88 bits per heavy atom. The maximum Gasteiger partial charge on any atom is 0.257 e. The van der Waals surface area contributed by atoms with Crippen LogP contribution in [0.2, 0.25) is 0 Å². The van der Waals surface area contributed by atoms with Crippen LogP contribution in [0.15, 0.2) is 79.4 Å². The van der Waals surface area contributed by atoms with Crippen LogP contribution in [-0.2, 0) is 0 Å². The maximum atomic E-state index is 12.4. The number of hydrogen-bond donors (Lipinski definition) is 1. The number of carbonyl (C=O) groups is 1. The molecule has 0 aliphatic heterocycles. The zero-order chi connectivity index (χ0) is 16.4. The van der Waals surface area contributed by atoms with E-state index in [4.69, 9.17) is 0 Å². The fourth-order valence-electron chi connectivity index (χ4n) is 2.57. The molecule has 0 saturated carbocycles. The number of para-hydroxylation sites is 1. The Balaban J connectivity index is 1.71. The second kappa shape index (κ2) is 5.96. The number of hydrogen-bond acceptors (Lipinski definition) is 3. The molecule has 0 atom stereocenters. The van der Waals surface area contributed by atoms with Crippen molar-refractivity contribution in [2.24, 2.45) is 0 Å². The van der Waals surface area contributed by atoms with Crippen molar-refractivity contribution in [3.05, 3.63) is 84.9 Å². The quantitative estimate of drug-likeness (QED) is 0.628. The van der Waals surface area contributed by atoms with Gasteiger partial charge in [0.15, 0.2) is 0 Å². The van der Waals surface area contributed by atoms with E-state index in [1.807, 2.05) is 59.3 Å².